The maximum absolute atomic E-state index is 11.0. The second-order valence-electron chi connectivity index (χ2n) is 4.52. The first-order valence-electron chi connectivity index (χ1n) is 6.71. The fraction of sp³-hybridized carbons (Fsp3) is 0.917. The van der Waals surface area contributed by atoms with Crippen molar-refractivity contribution in [3.8, 4) is 0 Å². The number of nitrogens with two attached hydrogens (primary N) is 1. The molecule has 0 spiro atoms. The Balaban J connectivity index is 3.61. The number of primary amides is 1. The van der Waals surface area contributed by atoms with Crippen LogP contribution in [-0.4, -0.2) is 37.4 Å². The van der Waals surface area contributed by atoms with E-state index in [2.05, 4.69) is 12.3 Å². The van der Waals surface area contributed by atoms with Crippen LogP contribution < -0.4 is 16.3 Å². The lowest BCUT2D eigenvalue weighted by molar-refractivity contribution is -1.12. The molecule has 1 amide bonds. The van der Waals surface area contributed by atoms with Crippen molar-refractivity contribution in [1.29, 1.82) is 0 Å². The van der Waals surface area contributed by atoms with Crippen LogP contribution in [0.5, 0.6) is 0 Å². The maximum Gasteiger partial charge on any atom is 0.242 e. The number of amides is 1. The molecule has 6 nitrogen and oxygen atoms in total. The molecule has 0 aromatic rings. The Bertz CT molecular complexity index is 215. The first-order chi connectivity index (χ1) is 8.61. The maximum atomic E-state index is 11.0. The zero-order valence-corrected chi connectivity index (χ0v) is 11.6. The molecule has 0 rings (SSSR count). The summed E-state index contributed by atoms with van der Waals surface area (Å²) in [6.45, 7) is 2.90. The summed E-state index contributed by atoms with van der Waals surface area (Å²) in [5, 5.41) is 9.76. The van der Waals surface area contributed by atoms with E-state index < -0.39 is 11.9 Å². The minimum atomic E-state index is -0.657. The molecule has 18 heavy (non-hydrogen) atoms. The smallest absolute Gasteiger partial charge is 0.242 e. The molecule has 0 bridgehead atoms. The first kappa shape index (κ1) is 17.3. The highest BCUT2D eigenvalue weighted by atomic mass is 16.5. The van der Waals surface area contributed by atoms with Crippen molar-refractivity contribution >= 4 is 5.91 Å². The van der Waals surface area contributed by atoms with Crippen molar-refractivity contribution in [2.24, 2.45) is 5.73 Å². The second-order valence-corrected chi connectivity index (χ2v) is 4.52. The highest BCUT2D eigenvalue weighted by molar-refractivity contribution is 5.79. The number of quaternary nitrogens is 1. The third-order valence-electron chi connectivity index (χ3n) is 2.78. The van der Waals surface area contributed by atoms with Crippen molar-refractivity contribution in [2.75, 3.05) is 20.3 Å². The first-order valence-corrected chi connectivity index (χ1v) is 6.71. The summed E-state index contributed by atoms with van der Waals surface area (Å²) in [7, 11) is 1.49. The molecular weight excluding hydrogens is 234 g/mol. The Labute approximate surface area is 109 Å². The van der Waals surface area contributed by atoms with Gasteiger partial charge in [0.1, 0.15) is 6.54 Å². The van der Waals surface area contributed by atoms with Crippen LogP contribution in [0.1, 0.15) is 45.4 Å². The van der Waals surface area contributed by atoms with Gasteiger partial charge < -0.3 is 10.5 Å². The molecule has 0 aliphatic carbocycles. The molecule has 0 aliphatic rings. The monoisotopic (exact) mass is 262 g/mol. The lowest BCUT2D eigenvalue weighted by atomic mass is 10.1. The quantitative estimate of drug-likeness (QED) is 0.285. The number of hydrogen-bond donors (Lipinski definition) is 4. The van der Waals surface area contributed by atoms with Gasteiger partial charge in [-0.25, -0.2) is 0 Å². The van der Waals surface area contributed by atoms with Gasteiger partial charge in [0.2, 0.25) is 5.91 Å². The predicted molar refractivity (Wildman–Crippen MR) is 69.0 cm³/mol. The lowest BCUT2D eigenvalue weighted by Gasteiger charge is -2.17. The van der Waals surface area contributed by atoms with Crippen LogP contribution in [0.2, 0.25) is 0 Å². The number of ether oxygens (including phenoxy) is 1. The normalized spacial score (nSPS) is 14.4. The standard InChI is InChI=1S/C12H27N3O3/c1-3-4-5-6-7-8-9-15(17)14-11(10-18-2)12(13)16/h11,14,17H,3-10H2,1-2H3,(H2,13,16)/p+1. The van der Waals surface area contributed by atoms with Crippen LogP contribution in [0.25, 0.3) is 0 Å². The second kappa shape index (κ2) is 11.4. The third kappa shape index (κ3) is 9.35. The molecule has 6 heteroatoms. The zero-order chi connectivity index (χ0) is 13.8. The number of nitrogens with one attached hydrogen (secondary N) is 2. The molecule has 5 N–H and O–H groups in total. The van der Waals surface area contributed by atoms with E-state index in [4.69, 9.17) is 10.5 Å². The Morgan fingerprint density at radius 1 is 1.33 bits per heavy atom. The molecular formula is C12H28N3O3+. The zero-order valence-electron chi connectivity index (χ0n) is 11.6. The molecule has 0 radical (unpaired) electrons. The molecule has 2 atom stereocenters. The third-order valence-corrected chi connectivity index (χ3v) is 2.78. The summed E-state index contributed by atoms with van der Waals surface area (Å²) < 4.78 is 4.85. The number of unbranched alkanes of at least 4 members (excludes halogenated alkanes) is 5. The number of hydrogen-bond acceptors (Lipinski definition) is 4. The largest absolute Gasteiger partial charge is 0.382 e. The van der Waals surface area contributed by atoms with Gasteiger partial charge in [-0.2, -0.15) is 5.21 Å². The van der Waals surface area contributed by atoms with Gasteiger partial charge in [-0.15, -0.1) is 10.6 Å². The number of carbonyl (C=O) groups is 1. The number of rotatable bonds is 12. The van der Waals surface area contributed by atoms with Crippen LogP contribution in [0, 0.1) is 0 Å². The van der Waals surface area contributed by atoms with Crippen molar-refractivity contribution < 1.29 is 19.9 Å². The van der Waals surface area contributed by atoms with E-state index in [1.807, 2.05) is 0 Å². The Morgan fingerprint density at radius 2 is 1.94 bits per heavy atom. The topological polar surface area (TPSA) is 89.0 Å². The van der Waals surface area contributed by atoms with Gasteiger partial charge in [-0.1, -0.05) is 32.6 Å². The van der Waals surface area contributed by atoms with Gasteiger partial charge in [0.15, 0.2) is 6.04 Å². The van der Waals surface area contributed by atoms with Gasteiger partial charge in [0.05, 0.1) is 6.61 Å². The van der Waals surface area contributed by atoms with Gasteiger partial charge in [0.25, 0.3) is 0 Å². The highest BCUT2D eigenvalue weighted by Gasteiger charge is 2.20. The lowest BCUT2D eigenvalue weighted by Crippen LogP contribution is -3.17. The number of hydroxylamine groups is 1. The van der Waals surface area contributed by atoms with Gasteiger partial charge in [-0.05, 0) is 6.42 Å². The summed E-state index contributed by atoms with van der Waals surface area (Å²) in [5.41, 5.74) is 7.87. The highest BCUT2D eigenvalue weighted by Crippen LogP contribution is 2.03. The van der Waals surface area contributed by atoms with Crippen LogP contribution in [0.4, 0.5) is 0 Å². The average Bonchev–Trinajstić information content (AvgIpc) is 2.33. The Morgan fingerprint density at radius 3 is 2.50 bits per heavy atom. The van der Waals surface area contributed by atoms with Crippen LogP contribution >= 0.6 is 0 Å². The van der Waals surface area contributed by atoms with E-state index in [1.165, 1.54) is 32.8 Å². The van der Waals surface area contributed by atoms with E-state index in [0.29, 0.717) is 6.54 Å². The van der Waals surface area contributed by atoms with E-state index >= 15 is 0 Å². The van der Waals surface area contributed by atoms with Crippen molar-refractivity contribution in [1.82, 2.24) is 5.43 Å². The van der Waals surface area contributed by atoms with E-state index in [0.717, 1.165) is 12.8 Å². The molecule has 0 aromatic carbocycles. The summed E-state index contributed by atoms with van der Waals surface area (Å²) in [5.74, 6) is -0.522. The fourth-order valence-electron chi connectivity index (χ4n) is 1.71. The molecule has 2 unspecified atom stereocenters. The van der Waals surface area contributed by atoms with Gasteiger partial charge >= 0.3 is 0 Å². The Kier molecular flexibility index (Phi) is 11.0. The molecule has 0 aromatic heterocycles. The number of carbonyl (C=O) groups excluding carboxylic acids is 1. The van der Waals surface area contributed by atoms with E-state index in [-0.39, 0.29) is 11.8 Å². The van der Waals surface area contributed by atoms with Crippen molar-refractivity contribution in [3.05, 3.63) is 0 Å². The van der Waals surface area contributed by atoms with Gasteiger partial charge in [0, 0.05) is 13.5 Å². The minimum absolute atomic E-state index is 0.117. The molecule has 0 saturated heterocycles. The summed E-state index contributed by atoms with van der Waals surface area (Å²) in [6.07, 6.45) is 6.96. The molecule has 0 heterocycles. The summed E-state index contributed by atoms with van der Waals surface area (Å²) in [6, 6.07) is -0.657. The number of methoxy groups -OCH3 is 1. The molecule has 108 valence electrons. The van der Waals surface area contributed by atoms with Crippen LogP contribution in [0.3, 0.4) is 0 Å². The molecule has 0 aliphatic heterocycles. The fourth-order valence-corrected chi connectivity index (χ4v) is 1.71. The summed E-state index contributed by atoms with van der Waals surface area (Å²) >= 11 is 0. The van der Waals surface area contributed by atoms with Crippen molar-refractivity contribution in [3.63, 3.8) is 0 Å². The average molecular weight is 262 g/mol. The van der Waals surface area contributed by atoms with Gasteiger partial charge in [-0.3, -0.25) is 4.79 Å². The molecule has 0 saturated carbocycles. The minimum Gasteiger partial charge on any atom is -0.382 e. The van der Waals surface area contributed by atoms with Crippen molar-refractivity contribution in [2.45, 2.75) is 51.5 Å². The van der Waals surface area contributed by atoms with Crippen LogP contribution in [0.15, 0.2) is 0 Å². The SMILES string of the molecule is CCCCCCCC[NH+](O)NC(COC)C(N)=O. The van der Waals surface area contributed by atoms with Crippen LogP contribution in [-0.2, 0) is 9.53 Å². The Hall–Kier alpha value is -0.690. The molecule has 0 fully saturated rings. The van der Waals surface area contributed by atoms with E-state index in [9.17, 15) is 10.0 Å². The van der Waals surface area contributed by atoms with E-state index in [1.54, 1.807) is 0 Å². The summed E-state index contributed by atoms with van der Waals surface area (Å²) in [4.78, 5) is 11.0. The predicted octanol–water partition coefficient (Wildman–Crippen LogP) is -0.374.